The van der Waals surface area contributed by atoms with Crippen LogP contribution >= 0.6 is 24.8 Å². The fourth-order valence-corrected chi connectivity index (χ4v) is 2.56. The molecule has 0 fully saturated rings. The Bertz CT molecular complexity index is 829. The van der Waals surface area contributed by atoms with Crippen molar-refractivity contribution in [3.8, 4) is 22.6 Å². The number of halogens is 2. The van der Waals surface area contributed by atoms with Crippen LogP contribution in [0.4, 0.5) is 0 Å². The molecule has 1 atom stereocenters. The van der Waals surface area contributed by atoms with Crippen LogP contribution in [-0.4, -0.2) is 23.6 Å². The van der Waals surface area contributed by atoms with E-state index in [2.05, 4.69) is 0 Å². The summed E-state index contributed by atoms with van der Waals surface area (Å²) in [5.74, 6) is -0.638. The maximum absolute atomic E-state index is 11.3. The number of benzene rings is 2. The van der Waals surface area contributed by atoms with Crippen molar-refractivity contribution in [2.24, 2.45) is 11.5 Å². The summed E-state index contributed by atoms with van der Waals surface area (Å²) in [4.78, 5) is 22.3. The number of carbonyl (C=O) groups excluding carboxylic acids is 1. The number of rotatable bonds is 4. The summed E-state index contributed by atoms with van der Waals surface area (Å²) in [5.41, 5.74) is 14.0. The second-order valence-electron chi connectivity index (χ2n) is 5.36. The molecule has 0 amide bonds. The number of carbonyl (C=O) groups is 2. The fourth-order valence-electron chi connectivity index (χ4n) is 2.56. The predicted octanol–water partition coefficient (Wildman–Crippen LogP) is 2.04. The standard InChI is InChI=1S/C17H16N2O5.2ClH/c18-7-15(20)24-11-2-4-12-10(5-11)8-23-14-6-9(1-3-13(12)14)16(19)17(21)22;;/h1-6,16H,7-8,18-19H2,(H,21,22);2*1H. The third-order valence-corrected chi connectivity index (χ3v) is 3.78. The summed E-state index contributed by atoms with van der Waals surface area (Å²) in [5, 5.41) is 9.00. The molecule has 3 rings (SSSR count). The molecule has 9 heteroatoms. The zero-order valence-electron chi connectivity index (χ0n) is 13.5. The van der Waals surface area contributed by atoms with Crippen molar-refractivity contribution in [3.63, 3.8) is 0 Å². The zero-order valence-corrected chi connectivity index (χ0v) is 15.1. The lowest BCUT2D eigenvalue weighted by Crippen LogP contribution is -2.21. The summed E-state index contributed by atoms with van der Waals surface area (Å²) in [6.07, 6.45) is 0. The third-order valence-electron chi connectivity index (χ3n) is 3.78. The van der Waals surface area contributed by atoms with Crippen LogP contribution in [0, 0.1) is 0 Å². The van der Waals surface area contributed by atoms with Crippen molar-refractivity contribution in [3.05, 3.63) is 47.5 Å². The molecule has 5 N–H and O–H groups in total. The first-order chi connectivity index (χ1) is 11.5. The highest BCUT2D eigenvalue weighted by Crippen LogP contribution is 2.40. The van der Waals surface area contributed by atoms with Gasteiger partial charge in [-0.05, 0) is 29.3 Å². The maximum Gasteiger partial charge on any atom is 0.325 e. The molecule has 26 heavy (non-hydrogen) atoms. The van der Waals surface area contributed by atoms with E-state index in [1.165, 1.54) is 0 Å². The highest BCUT2D eigenvalue weighted by Gasteiger charge is 2.21. The maximum atomic E-state index is 11.3. The van der Waals surface area contributed by atoms with E-state index in [0.717, 1.165) is 16.7 Å². The molecule has 0 bridgehead atoms. The second-order valence-corrected chi connectivity index (χ2v) is 5.36. The molecule has 0 aliphatic carbocycles. The molecule has 0 spiro atoms. The molecule has 0 saturated heterocycles. The first kappa shape index (κ1) is 21.7. The minimum absolute atomic E-state index is 0. The van der Waals surface area contributed by atoms with Crippen molar-refractivity contribution in [1.29, 1.82) is 0 Å². The third kappa shape index (κ3) is 4.25. The topological polar surface area (TPSA) is 125 Å². The lowest BCUT2D eigenvalue weighted by atomic mass is 9.94. The van der Waals surface area contributed by atoms with Crippen LogP contribution in [0.15, 0.2) is 36.4 Å². The van der Waals surface area contributed by atoms with Crippen molar-refractivity contribution < 1.29 is 24.2 Å². The Morgan fingerprint density at radius 1 is 1.15 bits per heavy atom. The highest BCUT2D eigenvalue weighted by molar-refractivity contribution is 5.85. The lowest BCUT2D eigenvalue weighted by Gasteiger charge is -2.22. The minimum atomic E-state index is -1.10. The van der Waals surface area contributed by atoms with Crippen molar-refractivity contribution in [2.45, 2.75) is 12.6 Å². The van der Waals surface area contributed by atoms with Gasteiger partial charge in [-0.15, -0.1) is 24.8 Å². The van der Waals surface area contributed by atoms with E-state index in [9.17, 15) is 9.59 Å². The van der Waals surface area contributed by atoms with E-state index in [4.69, 9.17) is 26.0 Å². The Kier molecular flexibility index (Phi) is 7.41. The van der Waals surface area contributed by atoms with Gasteiger partial charge >= 0.3 is 11.9 Å². The SMILES string of the molecule is Cl.Cl.NCC(=O)Oc1ccc2c(c1)COc1cc(C(N)C(=O)O)ccc1-2. The van der Waals surface area contributed by atoms with Crippen molar-refractivity contribution in [2.75, 3.05) is 6.54 Å². The van der Waals surface area contributed by atoms with E-state index in [0.29, 0.717) is 17.1 Å². The molecular weight excluding hydrogens is 383 g/mol. The van der Waals surface area contributed by atoms with Gasteiger partial charge in [-0.1, -0.05) is 18.2 Å². The largest absolute Gasteiger partial charge is 0.488 e. The molecule has 2 aromatic rings. The van der Waals surface area contributed by atoms with Gasteiger partial charge in [0, 0.05) is 11.1 Å². The van der Waals surface area contributed by atoms with E-state index < -0.39 is 18.0 Å². The molecule has 2 aromatic carbocycles. The van der Waals surface area contributed by atoms with Crippen molar-refractivity contribution >= 4 is 36.8 Å². The fraction of sp³-hybridized carbons (Fsp3) is 0.176. The number of fused-ring (bicyclic) bond motifs is 3. The van der Waals surface area contributed by atoms with E-state index in [-0.39, 0.29) is 38.0 Å². The number of nitrogens with two attached hydrogens (primary N) is 2. The highest BCUT2D eigenvalue weighted by atomic mass is 35.5. The monoisotopic (exact) mass is 400 g/mol. The number of aliphatic carboxylic acids is 1. The van der Waals surface area contributed by atoms with Gasteiger partial charge in [0.2, 0.25) is 0 Å². The summed E-state index contributed by atoms with van der Waals surface area (Å²) in [6, 6.07) is 9.21. The summed E-state index contributed by atoms with van der Waals surface area (Å²) >= 11 is 0. The smallest absolute Gasteiger partial charge is 0.325 e. The summed E-state index contributed by atoms with van der Waals surface area (Å²) < 4.78 is 10.8. The zero-order chi connectivity index (χ0) is 17.3. The van der Waals surface area contributed by atoms with Gasteiger partial charge in [0.15, 0.2) is 0 Å². The Balaban J connectivity index is 0.00000169. The van der Waals surface area contributed by atoms with Crippen LogP contribution in [-0.2, 0) is 16.2 Å². The first-order valence-corrected chi connectivity index (χ1v) is 7.29. The van der Waals surface area contributed by atoms with Crippen LogP contribution < -0.4 is 20.9 Å². The molecule has 1 heterocycles. The number of ether oxygens (including phenoxy) is 2. The van der Waals surface area contributed by atoms with Crippen LogP contribution in [0.2, 0.25) is 0 Å². The first-order valence-electron chi connectivity index (χ1n) is 7.29. The number of hydrogen-bond donors (Lipinski definition) is 3. The molecular formula is C17H18Cl2N2O5. The summed E-state index contributed by atoms with van der Waals surface area (Å²) in [6.45, 7) is 0.0884. The van der Waals surface area contributed by atoms with Gasteiger partial charge in [-0.25, -0.2) is 0 Å². The van der Waals surface area contributed by atoms with Gasteiger partial charge in [0.05, 0.1) is 6.54 Å². The Hall–Kier alpha value is -2.32. The van der Waals surface area contributed by atoms with Crippen LogP contribution in [0.25, 0.3) is 11.1 Å². The number of carboxylic acid groups (broad SMARTS) is 1. The molecule has 1 aliphatic heterocycles. The quantitative estimate of drug-likeness (QED) is 0.529. The average Bonchev–Trinajstić information content (AvgIpc) is 2.59. The number of hydrogen-bond acceptors (Lipinski definition) is 6. The normalized spacial score (nSPS) is 12.2. The Labute approximate surface area is 162 Å². The van der Waals surface area contributed by atoms with Gasteiger partial charge in [-0.3, -0.25) is 9.59 Å². The molecule has 7 nitrogen and oxygen atoms in total. The number of esters is 1. The molecule has 0 radical (unpaired) electrons. The van der Waals surface area contributed by atoms with Crippen molar-refractivity contribution in [1.82, 2.24) is 0 Å². The van der Waals surface area contributed by atoms with Gasteiger partial charge in [-0.2, -0.15) is 0 Å². The second kappa shape index (κ2) is 8.86. The van der Waals surface area contributed by atoms with Crippen LogP contribution in [0.5, 0.6) is 11.5 Å². The average molecular weight is 401 g/mol. The van der Waals surface area contributed by atoms with E-state index in [1.54, 1.807) is 30.3 Å². The van der Waals surface area contributed by atoms with E-state index in [1.807, 2.05) is 6.07 Å². The molecule has 1 unspecified atom stereocenters. The molecule has 0 saturated carbocycles. The van der Waals surface area contributed by atoms with Gasteiger partial charge in [0.1, 0.15) is 24.1 Å². The molecule has 1 aliphatic rings. The Morgan fingerprint density at radius 3 is 2.50 bits per heavy atom. The van der Waals surface area contributed by atoms with Crippen LogP contribution in [0.3, 0.4) is 0 Å². The lowest BCUT2D eigenvalue weighted by molar-refractivity contribution is -0.138. The summed E-state index contributed by atoms with van der Waals surface area (Å²) in [7, 11) is 0. The number of carboxylic acids is 1. The van der Waals surface area contributed by atoms with Gasteiger partial charge in [0.25, 0.3) is 0 Å². The van der Waals surface area contributed by atoms with E-state index >= 15 is 0 Å². The molecule has 140 valence electrons. The molecule has 0 aromatic heterocycles. The minimum Gasteiger partial charge on any atom is -0.488 e. The van der Waals surface area contributed by atoms with Gasteiger partial charge < -0.3 is 26.0 Å². The van der Waals surface area contributed by atoms with Crippen LogP contribution in [0.1, 0.15) is 17.2 Å². The predicted molar refractivity (Wildman–Crippen MR) is 100.0 cm³/mol. The Morgan fingerprint density at radius 2 is 1.85 bits per heavy atom.